The molecular formula is C4H7O3P. The van der Waals surface area contributed by atoms with Gasteiger partial charge in [-0.3, -0.25) is 4.57 Å². The Kier molecular flexibility index (Phi) is 2.78. The summed E-state index contributed by atoms with van der Waals surface area (Å²) in [4.78, 5) is 16.3. The summed E-state index contributed by atoms with van der Waals surface area (Å²) in [5.74, 6) is 2.13. The zero-order chi connectivity index (χ0) is 6.62. The van der Waals surface area contributed by atoms with E-state index < -0.39 is 7.60 Å². The molecule has 0 bridgehead atoms. The second-order valence-corrected chi connectivity index (χ2v) is 3.12. The summed E-state index contributed by atoms with van der Waals surface area (Å²) < 4.78 is 9.99. The molecule has 0 amide bonds. The Morgan fingerprint density at radius 3 is 2.25 bits per heavy atom. The molecule has 0 unspecified atom stereocenters. The molecule has 0 aliphatic carbocycles. The topological polar surface area (TPSA) is 57.5 Å². The van der Waals surface area contributed by atoms with Gasteiger partial charge < -0.3 is 9.79 Å². The largest absolute Gasteiger partial charge is 0.326 e. The van der Waals surface area contributed by atoms with E-state index in [1.807, 2.05) is 0 Å². The Morgan fingerprint density at radius 2 is 2.12 bits per heavy atom. The molecule has 3 nitrogen and oxygen atoms in total. The first-order chi connectivity index (χ1) is 3.56. The summed E-state index contributed by atoms with van der Waals surface area (Å²) in [7, 11) is -3.82. The highest BCUT2D eigenvalue weighted by atomic mass is 31.2. The Morgan fingerprint density at radius 1 is 1.62 bits per heavy atom. The molecule has 8 heavy (non-hydrogen) atoms. The maximum atomic E-state index is 9.99. The predicted molar refractivity (Wildman–Crippen MR) is 30.4 cm³/mol. The maximum absolute atomic E-state index is 9.99. The molecule has 4 heteroatoms. The Balaban J connectivity index is 3.45. The Labute approximate surface area is 47.9 Å². The summed E-state index contributed by atoms with van der Waals surface area (Å²) in [6.07, 6.45) is 4.68. The van der Waals surface area contributed by atoms with E-state index in [1.165, 1.54) is 0 Å². The van der Waals surface area contributed by atoms with Crippen LogP contribution in [-0.2, 0) is 4.57 Å². The van der Waals surface area contributed by atoms with Crippen molar-refractivity contribution in [2.75, 3.05) is 6.16 Å². The lowest BCUT2D eigenvalue weighted by Gasteiger charge is -1.96. The van der Waals surface area contributed by atoms with Crippen molar-refractivity contribution in [1.82, 2.24) is 0 Å². The number of hydrogen-bond donors (Lipinski definition) is 2. The van der Waals surface area contributed by atoms with E-state index in [0.29, 0.717) is 0 Å². The zero-order valence-corrected chi connectivity index (χ0v) is 5.14. The van der Waals surface area contributed by atoms with Gasteiger partial charge in [0.2, 0.25) is 0 Å². The fourth-order valence-corrected chi connectivity index (χ4v) is 0.631. The van der Waals surface area contributed by atoms with Crippen LogP contribution >= 0.6 is 7.60 Å². The van der Waals surface area contributed by atoms with Crippen molar-refractivity contribution in [3.8, 4) is 12.3 Å². The van der Waals surface area contributed by atoms with Crippen LogP contribution in [0.4, 0.5) is 0 Å². The molecule has 0 aliphatic rings. The molecular weight excluding hydrogens is 127 g/mol. The van der Waals surface area contributed by atoms with Gasteiger partial charge in [0.1, 0.15) is 0 Å². The summed E-state index contributed by atoms with van der Waals surface area (Å²) >= 11 is 0. The molecule has 0 heterocycles. The van der Waals surface area contributed by atoms with Crippen LogP contribution in [0.15, 0.2) is 0 Å². The monoisotopic (exact) mass is 134 g/mol. The molecule has 46 valence electrons. The van der Waals surface area contributed by atoms with Crippen LogP contribution in [0.2, 0.25) is 0 Å². The summed E-state index contributed by atoms with van der Waals surface area (Å²) in [5, 5.41) is 0. The van der Waals surface area contributed by atoms with E-state index in [1.54, 1.807) is 0 Å². The van der Waals surface area contributed by atoms with Crippen molar-refractivity contribution in [2.24, 2.45) is 0 Å². The van der Waals surface area contributed by atoms with E-state index in [0.717, 1.165) is 0 Å². The fraction of sp³-hybridized carbons (Fsp3) is 0.500. The first-order valence-electron chi connectivity index (χ1n) is 2.04. The molecule has 0 atom stereocenters. The molecule has 0 radical (unpaired) electrons. The minimum Gasteiger partial charge on any atom is -0.324 e. The van der Waals surface area contributed by atoms with Crippen molar-refractivity contribution in [3.05, 3.63) is 0 Å². The first kappa shape index (κ1) is 7.71. The second kappa shape index (κ2) is 2.88. The lowest BCUT2D eigenvalue weighted by atomic mass is 10.5. The van der Waals surface area contributed by atoms with Crippen molar-refractivity contribution < 1.29 is 14.4 Å². The molecule has 0 spiro atoms. The lowest BCUT2D eigenvalue weighted by Crippen LogP contribution is -1.83. The highest BCUT2D eigenvalue weighted by molar-refractivity contribution is 7.51. The van der Waals surface area contributed by atoms with E-state index in [2.05, 4.69) is 5.92 Å². The van der Waals surface area contributed by atoms with Gasteiger partial charge in [-0.2, -0.15) is 0 Å². The van der Waals surface area contributed by atoms with Gasteiger partial charge in [-0.15, -0.1) is 12.3 Å². The standard InChI is InChI=1S/C4H7O3P/c1-2-3-4-8(5,6)7/h1H,3-4H2,(H2,5,6,7). The zero-order valence-electron chi connectivity index (χ0n) is 4.24. The third kappa shape index (κ3) is 5.71. The summed E-state index contributed by atoms with van der Waals surface area (Å²) in [6.45, 7) is 0. The Hall–Kier alpha value is -0.290. The highest BCUT2D eigenvalue weighted by Crippen LogP contribution is 2.34. The predicted octanol–water partition coefficient (Wildman–Crippen LogP) is 0.187. The smallest absolute Gasteiger partial charge is 0.324 e. The van der Waals surface area contributed by atoms with E-state index in [4.69, 9.17) is 16.2 Å². The minimum absolute atomic E-state index is 0.143. The SMILES string of the molecule is C#CCCP(=O)(O)O. The van der Waals surface area contributed by atoms with Crippen LogP contribution in [0, 0.1) is 12.3 Å². The average molecular weight is 134 g/mol. The molecule has 2 N–H and O–H groups in total. The van der Waals surface area contributed by atoms with Gasteiger partial charge in [-0.05, 0) is 0 Å². The molecule has 0 aromatic carbocycles. The van der Waals surface area contributed by atoms with Crippen LogP contribution in [-0.4, -0.2) is 15.9 Å². The highest BCUT2D eigenvalue weighted by Gasteiger charge is 2.09. The van der Waals surface area contributed by atoms with Crippen LogP contribution in [0.3, 0.4) is 0 Å². The summed E-state index contributed by atoms with van der Waals surface area (Å²) in [5.41, 5.74) is 0. The lowest BCUT2D eigenvalue weighted by molar-refractivity contribution is 0.373. The average Bonchev–Trinajstić information content (AvgIpc) is 1.59. The third-order valence-corrected chi connectivity index (χ3v) is 1.35. The fourth-order valence-electron chi connectivity index (χ4n) is 0.210. The van der Waals surface area contributed by atoms with Crippen LogP contribution in [0.25, 0.3) is 0 Å². The molecule has 0 saturated carbocycles. The quantitative estimate of drug-likeness (QED) is 0.418. The van der Waals surface area contributed by atoms with Crippen molar-refractivity contribution in [3.63, 3.8) is 0 Å². The third-order valence-electron chi connectivity index (χ3n) is 0.547. The van der Waals surface area contributed by atoms with Gasteiger partial charge in [0.05, 0.1) is 6.16 Å². The summed E-state index contributed by atoms with van der Waals surface area (Å²) in [6, 6.07) is 0. The molecule has 0 fully saturated rings. The molecule has 0 aromatic rings. The Bertz CT molecular complexity index is 140. The van der Waals surface area contributed by atoms with Crippen LogP contribution in [0.5, 0.6) is 0 Å². The van der Waals surface area contributed by atoms with Crippen molar-refractivity contribution in [2.45, 2.75) is 6.42 Å². The van der Waals surface area contributed by atoms with Crippen LogP contribution in [0.1, 0.15) is 6.42 Å². The van der Waals surface area contributed by atoms with Gasteiger partial charge in [0, 0.05) is 6.42 Å². The number of rotatable bonds is 2. The number of terminal acetylenes is 1. The van der Waals surface area contributed by atoms with E-state index in [-0.39, 0.29) is 12.6 Å². The molecule has 0 saturated heterocycles. The van der Waals surface area contributed by atoms with Crippen molar-refractivity contribution >= 4 is 7.60 Å². The normalized spacial score (nSPS) is 10.6. The van der Waals surface area contributed by atoms with Gasteiger partial charge in [0.25, 0.3) is 0 Å². The molecule has 0 aromatic heterocycles. The minimum atomic E-state index is -3.82. The van der Waals surface area contributed by atoms with Crippen molar-refractivity contribution in [1.29, 1.82) is 0 Å². The number of hydrogen-bond acceptors (Lipinski definition) is 1. The van der Waals surface area contributed by atoms with Gasteiger partial charge in [0.15, 0.2) is 0 Å². The molecule has 0 rings (SSSR count). The second-order valence-electron chi connectivity index (χ2n) is 1.34. The van der Waals surface area contributed by atoms with E-state index >= 15 is 0 Å². The van der Waals surface area contributed by atoms with Gasteiger partial charge in [-0.25, -0.2) is 0 Å². The van der Waals surface area contributed by atoms with Crippen LogP contribution < -0.4 is 0 Å². The first-order valence-corrected chi connectivity index (χ1v) is 3.84. The maximum Gasteiger partial charge on any atom is 0.326 e. The van der Waals surface area contributed by atoms with E-state index in [9.17, 15) is 4.57 Å². The molecule has 0 aliphatic heterocycles. The van der Waals surface area contributed by atoms with Gasteiger partial charge in [-0.1, -0.05) is 0 Å². The van der Waals surface area contributed by atoms with Gasteiger partial charge >= 0.3 is 7.60 Å².